The molecule has 146 valence electrons. The van der Waals surface area contributed by atoms with Crippen LogP contribution in [0.1, 0.15) is 44.6 Å². The molecule has 1 saturated heterocycles. The summed E-state index contributed by atoms with van der Waals surface area (Å²) in [6, 6.07) is 15.3. The summed E-state index contributed by atoms with van der Waals surface area (Å²) in [5.41, 5.74) is 7.85. The normalized spacial score (nSPS) is 18.5. The fraction of sp³-hybridized carbons (Fsp3) is 0.545. The lowest BCUT2D eigenvalue weighted by Crippen LogP contribution is -2.49. The van der Waals surface area contributed by atoms with E-state index in [0.717, 1.165) is 51.7 Å². The minimum Gasteiger partial charge on any atom is -0.427 e. The van der Waals surface area contributed by atoms with Gasteiger partial charge in [-0.05, 0) is 73.9 Å². The molecule has 0 aliphatic carbocycles. The lowest BCUT2D eigenvalue weighted by Gasteiger charge is -2.40. The maximum absolute atomic E-state index is 8.96. The smallest absolute Gasteiger partial charge is 0.427 e. The van der Waals surface area contributed by atoms with Gasteiger partial charge in [-0.2, -0.15) is 0 Å². The number of likely N-dealkylation sites (tertiary alicyclic amines) is 1. The van der Waals surface area contributed by atoms with Crippen LogP contribution in [0.5, 0.6) is 0 Å². The first-order valence-electron chi connectivity index (χ1n) is 10.3. The van der Waals surface area contributed by atoms with Crippen LogP contribution >= 0.6 is 0 Å². The number of benzene rings is 2. The van der Waals surface area contributed by atoms with Crippen LogP contribution in [0.25, 0.3) is 10.8 Å². The number of rotatable bonds is 8. The number of nitrogens with two attached hydrogens (primary N) is 1. The molecule has 4 nitrogen and oxygen atoms in total. The molecule has 0 aromatic heterocycles. The highest BCUT2D eigenvalue weighted by Crippen LogP contribution is 2.31. The maximum Gasteiger partial charge on any atom is 0.451 e. The van der Waals surface area contributed by atoms with Gasteiger partial charge in [0.15, 0.2) is 0 Å². The highest BCUT2D eigenvalue weighted by Gasteiger charge is 2.32. The molecule has 1 aliphatic heterocycles. The Balaban J connectivity index is 1.47. The van der Waals surface area contributed by atoms with E-state index in [9.17, 15) is 0 Å². The third-order valence-electron chi connectivity index (χ3n) is 6.17. The predicted molar refractivity (Wildman–Crippen MR) is 113 cm³/mol. The second kappa shape index (κ2) is 9.20. The van der Waals surface area contributed by atoms with Crippen molar-refractivity contribution in [3.63, 3.8) is 0 Å². The zero-order chi connectivity index (χ0) is 19.3. The number of unbranched alkanes of at least 4 members (excludes halogenated alkanes) is 1. The minimum absolute atomic E-state index is 0.157. The summed E-state index contributed by atoms with van der Waals surface area (Å²) >= 11 is 0. The first-order valence-corrected chi connectivity index (χ1v) is 10.3. The van der Waals surface area contributed by atoms with Crippen molar-refractivity contribution in [2.45, 2.75) is 57.4 Å². The average molecular weight is 368 g/mol. The van der Waals surface area contributed by atoms with Crippen LogP contribution in [0, 0.1) is 5.92 Å². The van der Waals surface area contributed by atoms with E-state index < -0.39 is 7.12 Å². The van der Waals surface area contributed by atoms with Crippen LogP contribution in [0.4, 0.5) is 0 Å². The van der Waals surface area contributed by atoms with Crippen LogP contribution in [-0.4, -0.2) is 40.7 Å². The van der Waals surface area contributed by atoms with Crippen LogP contribution in [0.15, 0.2) is 42.5 Å². The Labute approximate surface area is 163 Å². The molecule has 1 heterocycles. The van der Waals surface area contributed by atoms with Gasteiger partial charge in [0, 0.05) is 12.1 Å². The largest absolute Gasteiger partial charge is 0.451 e. The molecule has 1 aliphatic rings. The Kier molecular flexibility index (Phi) is 6.93. The summed E-state index contributed by atoms with van der Waals surface area (Å²) in [7, 11) is -1.19. The molecule has 0 saturated carbocycles. The van der Waals surface area contributed by atoms with Crippen molar-refractivity contribution < 1.29 is 10.0 Å². The van der Waals surface area contributed by atoms with Crippen molar-refractivity contribution in [3.8, 4) is 0 Å². The first kappa shape index (κ1) is 20.3. The van der Waals surface area contributed by atoms with E-state index in [1.165, 1.54) is 16.3 Å². The standard InChI is InChI=1S/C22H33BN2O2/c1-22(24,12-4-5-13-23(26)27)21-10-14-25(15-11-21)17-18-8-9-19-6-2-3-7-20(19)16-18/h2-3,6-9,16,21,26-27H,4-5,10-15,17,24H2,1H3. The number of hydrogen-bond donors (Lipinski definition) is 3. The Morgan fingerprint density at radius 3 is 2.48 bits per heavy atom. The van der Waals surface area contributed by atoms with E-state index >= 15 is 0 Å². The number of hydrogen-bond acceptors (Lipinski definition) is 4. The summed E-state index contributed by atoms with van der Waals surface area (Å²) in [4.78, 5) is 2.54. The molecule has 0 bridgehead atoms. The third kappa shape index (κ3) is 5.79. The van der Waals surface area contributed by atoms with Crippen molar-refractivity contribution in [3.05, 3.63) is 48.0 Å². The second-order valence-corrected chi connectivity index (χ2v) is 8.46. The molecule has 5 heteroatoms. The molecule has 0 amide bonds. The van der Waals surface area contributed by atoms with Crippen LogP contribution in [0.2, 0.25) is 6.32 Å². The van der Waals surface area contributed by atoms with Crippen LogP contribution in [0.3, 0.4) is 0 Å². The Morgan fingerprint density at radius 2 is 1.78 bits per heavy atom. The molecular weight excluding hydrogens is 335 g/mol. The molecular formula is C22H33BN2O2. The van der Waals surface area contributed by atoms with E-state index in [4.69, 9.17) is 15.8 Å². The maximum atomic E-state index is 8.96. The van der Waals surface area contributed by atoms with Crippen LogP contribution in [-0.2, 0) is 6.54 Å². The topological polar surface area (TPSA) is 69.7 Å². The Bertz CT molecular complexity index is 727. The molecule has 2 aromatic rings. The second-order valence-electron chi connectivity index (χ2n) is 8.46. The fourth-order valence-electron chi connectivity index (χ4n) is 4.38. The van der Waals surface area contributed by atoms with Gasteiger partial charge in [0.05, 0.1) is 0 Å². The summed E-state index contributed by atoms with van der Waals surface area (Å²) < 4.78 is 0. The van der Waals surface area contributed by atoms with E-state index in [-0.39, 0.29) is 5.54 Å². The van der Waals surface area contributed by atoms with E-state index in [0.29, 0.717) is 12.2 Å². The van der Waals surface area contributed by atoms with Gasteiger partial charge >= 0.3 is 7.12 Å². The summed E-state index contributed by atoms with van der Waals surface area (Å²) in [5, 5.41) is 20.5. The molecule has 1 fully saturated rings. The summed E-state index contributed by atoms with van der Waals surface area (Å²) in [5.74, 6) is 0.546. The average Bonchev–Trinajstić information content (AvgIpc) is 2.65. The van der Waals surface area contributed by atoms with Gasteiger partial charge in [-0.25, -0.2) is 0 Å². The lowest BCUT2D eigenvalue weighted by atomic mass is 9.75. The van der Waals surface area contributed by atoms with Gasteiger partial charge in [-0.3, -0.25) is 4.90 Å². The quantitative estimate of drug-likeness (QED) is 0.493. The lowest BCUT2D eigenvalue weighted by molar-refractivity contribution is 0.125. The van der Waals surface area contributed by atoms with Crippen molar-refractivity contribution in [2.75, 3.05) is 13.1 Å². The van der Waals surface area contributed by atoms with E-state index in [1.807, 2.05) is 0 Å². The molecule has 0 radical (unpaired) electrons. The molecule has 3 rings (SSSR count). The van der Waals surface area contributed by atoms with Crippen LogP contribution < -0.4 is 5.73 Å². The zero-order valence-corrected chi connectivity index (χ0v) is 16.5. The Morgan fingerprint density at radius 1 is 1.07 bits per heavy atom. The van der Waals surface area contributed by atoms with Crippen molar-refractivity contribution in [2.24, 2.45) is 11.7 Å². The molecule has 0 spiro atoms. The number of piperidine rings is 1. The Hall–Kier alpha value is -1.40. The van der Waals surface area contributed by atoms with Gasteiger partial charge in [0.1, 0.15) is 0 Å². The fourth-order valence-corrected chi connectivity index (χ4v) is 4.38. The van der Waals surface area contributed by atoms with Gasteiger partial charge in [-0.15, -0.1) is 0 Å². The first-order chi connectivity index (χ1) is 12.9. The molecule has 27 heavy (non-hydrogen) atoms. The van der Waals surface area contributed by atoms with Gasteiger partial charge in [0.25, 0.3) is 0 Å². The molecule has 1 atom stereocenters. The van der Waals surface area contributed by atoms with E-state index in [1.54, 1.807) is 0 Å². The highest BCUT2D eigenvalue weighted by atomic mass is 16.4. The molecule has 1 unspecified atom stereocenters. The van der Waals surface area contributed by atoms with Gasteiger partial charge in [-0.1, -0.05) is 49.2 Å². The van der Waals surface area contributed by atoms with Crippen molar-refractivity contribution in [1.82, 2.24) is 4.90 Å². The molecule has 2 aromatic carbocycles. The van der Waals surface area contributed by atoms with Crippen molar-refractivity contribution >= 4 is 17.9 Å². The summed E-state index contributed by atoms with van der Waals surface area (Å²) in [6.07, 6.45) is 5.47. The van der Waals surface area contributed by atoms with E-state index in [2.05, 4.69) is 54.3 Å². The van der Waals surface area contributed by atoms with Crippen molar-refractivity contribution in [1.29, 1.82) is 0 Å². The summed E-state index contributed by atoms with van der Waals surface area (Å²) in [6.45, 7) is 5.37. The number of fused-ring (bicyclic) bond motifs is 1. The SMILES string of the molecule is CC(N)(CCCCB(O)O)C1CCN(Cc2ccc3ccccc3c2)CC1. The highest BCUT2D eigenvalue weighted by molar-refractivity contribution is 6.40. The number of nitrogens with zero attached hydrogens (tertiary/aromatic N) is 1. The predicted octanol–water partition coefficient (Wildman–Crippen LogP) is 3.41. The minimum atomic E-state index is -1.19. The monoisotopic (exact) mass is 368 g/mol. The van der Waals surface area contributed by atoms with Gasteiger partial charge in [0.2, 0.25) is 0 Å². The zero-order valence-electron chi connectivity index (χ0n) is 16.5. The van der Waals surface area contributed by atoms with Gasteiger partial charge < -0.3 is 15.8 Å². The molecule has 4 N–H and O–H groups in total. The third-order valence-corrected chi connectivity index (χ3v) is 6.17.